The lowest BCUT2D eigenvalue weighted by molar-refractivity contribution is -0.142. The van der Waals surface area contributed by atoms with Gasteiger partial charge in [0.2, 0.25) is 35.4 Å². The van der Waals surface area contributed by atoms with Crippen molar-refractivity contribution in [3.63, 3.8) is 0 Å². The summed E-state index contributed by atoms with van der Waals surface area (Å²) in [6.45, 7) is 4.55. The van der Waals surface area contributed by atoms with E-state index in [0.29, 0.717) is 30.0 Å². The van der Waals surface area contributed by atoms with Crippen molar-refractivity contribution in [2.45, 2.75) is 82.7 Å². The van der Waals surface area contributed by atoms with E-state index < -0.39 is 77.6 Å². The third-order valence-corrected chi connectivity index (χ3v) is 11.7. The highest BCUT2D eigenvalue weighted by molar-refractivity contribution is 6.30. The Morgan fingerprint density at radius 2 is 1.40 bits per heavy atom. The van der Waals surface area contributed by atoms with Crippen LogP contribution in [0.4, 0.5) is 0 Å². The normalized spacial score (nSPS) is 17.5. The van der Waals surface area contributed by atoms with Crippen molar-refractivity contribution >= 4 is 53.0 Å². The summed E-state index contributed by atoms with van der Waals surface area (Å²) >= 11 is 6.05. The number of nitrogens with two attached hydrogens (primary N) is 2. The van der Waals surface area contributed by atoms with Gasteiger partial charge in [0.25, 0.3) is 5.91 Å². The SMILES string of the molecule is CC1NC(=O)C(N(C)C(=O)C(CCCCN)NC(=O)c2ccc(-c3ccc(Cl)cc3)cc2)c2ccc(O)c(c2)-c2cc(ccc2O)CC(C(=O)NC(C)C(=O)N(C)C(C)C(N)=O)NC1=O. The molecule has 0 aromatic heterocycles. The monoisotopic (exact) mass is 910 g/mol. The smallest absolute Gasteiger partial charge is 0.251 e. The molecule has 0 aliphatic carbocycles. The number of rotatable bonds is 14. The van der Waals surface area contributed by atoms with Crippen LogP contribution in [0.15, 0.2) is 84.9 Å². The van der Waals surface area contributed by atoms with Crippen LogP contribution in [0.5, 0.6) is 11.5 Å². The number of amides is 7. The number of hydrogen-bond donors (Lipinski definition) is 8. The highest BCUT2D eigenvalue weighted by Crippen LogP contribution is 2.39. The minimum absolute atomic E-state index is 0.0799. The molecular weight excluding hydrogens is 856 g/mol. The summed E-state index contributed by atoms with van der Waals surface area (Å²) in [5, 5.41) is 33.6. The molecule has 0 spiro atoms. The summed E-state index contributed by atoms with van der Waals surface area (Å²) in [6, 6.07) is 15.2. The molecule has 18 heteroatoms. The number of carbonyl (C=O) groups excluding carboxylic acids is 7. The van der Waals surface area contributed by atoms with Gasteiger partial charge in [-0.1, -0.05) is 48.0 Å². The van der Waals surface area contributed by atoms with Gasteiger partial charge in [0.1, 0.15) is 47.8 Å². The van der Waals surface area contributed by atoms with Gasteiger partial charge in [-0.15, -0.1) is 0 Å². The zero-order chi connectivity index (χ0) is 47.7. The lowest BCUT2D eigenvalue weighted by atomic mass is 9.93. The van der Waals surface area contributed by atoms with Crippen LogP contribution in [-0.4, -0.2) is 112 Å². The molecule has 1 heterocycles. The Bertz CT molecular complexity index is 2430. The van der Waals surface area contributed by atoms with Crippen LogP contribution in [0.2, 0.25) is 5.02 Å². The Morgan fingerprint density at radius 3 is 2.02 bits per heavy atom. The first-order valence-electron chi connectivity index (χ1n) is 21.1. The second kappa shape index (κ2) is 21.6. The minimum Gasteiger partial charge on any atom is -0.507 e. The molecule has 4 aromatic carbocycles. The molecule has 6 atom stereocenters. The number of fused-ring (bicyclic) bond motifs is 5. The van der Waals surface area contributed by atoms with Crippen molar-refractivity contribution in [2.75, 3.05) is 20.6 Å². The maximum absolute atomic E-state index is 14.6. The maximum Gasteiger partial charge on any atom is 0.251 e. The van der Waals surface area contributed by atoms with Crippen LogP contribution < -0.4 is 32.7 Å². The van der Waals surface area contributed by atoms with Gasteiger partial charge in [-0.05, 0) is 117 Å². The molecule has 1 aliphatic heterocycles. The highest BCUT2D eigenvalue weighted by Gasteiger charge is 2.36. The Hall–Kier alpha value is -6.98. The van der Waals surface area contributed by atoms with Gasteiger partial charge in [-0.25, -0.2) is 0 Å². The number of carbonyl (C=O) groups is 7. The van der Waals surface area contributed by atoms with Crippen LogP contribution in [0.3, 0.4) is 0 Å². The highest BCUT2D eigenvalue weighted by atomic mass is 35.5. The van der Waals surface area contributed by atoms with Crippen LogP contribution in [0, 0.1) is 0 Å². The number of hydrogen-bond acceptors (Lipinski definition) is 10. The summed E-state index contributed by atoms with van der Waals surface area (Å²) in [4.78, 5) is 97.5. The van der Waals surface area contributed by atoms with E-state index in [9.17, 15) is 43.8 Å². The molecule has 6 unspecified atom stereocenters. The summed E-state index contributed by atoms with van der Waals surface area (Å²) in [7, 11) is 2.73. The first kappa shape index (κ1) is 49.0. The molecular formula is C47H55ClN8O9. The Morgan fingerprint density at radius 1 is 0.800 bits per heavy atom. The number of nitrogens with zero attached hydrogens (tertiary/aromatic N) is 2. The summed E-state index contributed by atoms with van der Waals surface area (Å²) in [5.74, 6) is -5.54. The largest absolute Gasteiger partial charge is 0.507 e. The number of halogens is 1. The van der Waals surface area contributed by atoms with E-state index in [-0.39, 0.29) is 46.6 Å². The van der Waals surface area contributed by atoms with Crippen LogP contribution in [0.25, 0.3) is 22.3 Å². The topological polar surface area (TPSA) is 267 Å². The van der Waals surface area contributed by atoms with Gasteiger partial charge in [0.15, 0.2) is 0 Å². The Kier molecular flexibility index (Phi) is 16.3. The molecule has 7 amide bonds. The van der Waals surface area contributed by atoms with Gasteiger partial charge in [0.05, 0.1) is 0 Å². The number of benzene rings is 4. The molecule has 4 aromatic rings. The van der Waals surface area contributed by atoms with E-state index in [1.54, 1.807) is 36.4 Å². The van der Waals surface area contributed by atoms with E-state index in [1.807, 2.05) is 12.1 Å². The van der Waals surface area contributed by atoms with Crippen LogP contribution >= 0.6 is 11.6 Å². The van der Waals surface area contributed by atoms with Crippen molar-refractivity contribution in [1.29, 1.82) is 0 Å². The van der Waals surface area contributed by atoms with Gasteiger partial charge >= 0.3 is 0 Å². The van der Waals surface area contributed by atoms with Crippen molar-refractivity contribution < 1.29 is 43.8 Å². The molecule has 0 saturated heterocycles. The molecule has 344 valence electrons. The number of primary amides is 1. The lowest BCUT2D eigenvalue weighted by Crippen LogP contribution is -2.58. The maximum atomic E-state index is 14.6. The van der Waals surface area contributed by atoms with E-state index >= 15 is 0 Å². The number of aromatic hydroxyl groups is 2. The standard InChI is InChI=1S/C47H55ClN8O9/c1-25-42(60)54-37(44(62)52-26(2)46(64)55(4)27(3)41(50)59)23-28-9-19-38(57)34(22-28)35-24-32(16-20-39(35)58)40(45(63)51-25)56(5)47(65)36(8-6-7-21-49)53-43(61)31-12-10-29(11-13-31)30-14-17-33(48)18-15-30/h9-20,22,24-27,36-37,40,57-58H,6-8,21,23,49H2,1-5H3,(H2,50,59)(H,51,63)(H,52,62)(H,53,61)(H,54,60). The molecule has 0 radical (unpaired) electrons. The average molecular weight is 911 g/mol. The molecule has 0 saturated carbocycles. The fourth-order valence-corrected chi connectivity index (χ4v) is 7.53. The lowest BCUT2D eigenvalue weighted by Gasteiger charge is -2.32. The number of nitrogens with one attached hydrogen (secondary N) is 4. The third kappa shape index (κ3) is 12.0. The molecule has 65 heavy (non-hydrogen) atoms. The summed E-state index contributed by atoms with van der Waals surface area (Å²) in [5.41, 5.74) is 14.0. The number of phenols is 2. The van der Waals surface area contributed by atoms with E-state index in [2.05, 4.69) is 21.3 Å². The second-order valence-corrected chi connectivity index (χ2v) is 16.6. The summed E-state index contributed by atoms with van der Waals surface area (Å²) < 4.78 is 0. The molecule has 10 N–H and O–H groups in total. The number of unbranched alkanes of at least 4 members (excludes halogenated alkanes) is 1. The van der Waals surface area contributed by atoms with Crippen molar-refractivity contribution in [1.82, 2.24) is 31.1 Å². The zero-order valence-corrected chi connectivity index (χ0v) is 37.5. The number of likely N-dealkylation sites (N-methyl/N-ethyl adjacent to an activating group) is 2. The Balaban J connectivity index is 1.48. The number of phenolic OH excluding ortho intramolecular Hbond substituents is 2. The fourth-order valence-electron chi connectivity index (χ4n) is 7.40. The van der Waals surface area contributed by atoms with Crippen molar-refractivity contribution in [2.24, 2.45) is 11.5 Å². The quantitative estimate of drug-likeness (QED) is 0.0858. The van der Waals surface area contributed by atoms with Crippen molar-refractivity contribution in [3.8, 4) is 33.8 Å². The molecule has 0 fully saturated rings. The average Bonchev–Trinajstić information content (AvgIpc) is 3.28. The Labute approximate surface area is 381 Å². The van der Waals surface area contributed by atoms with Crippen LogP contribution in [-0.2, 0) is 35.2 Å². The first-order chi connectivity index (χ1) is 30.8. The molecule has 4 bridgehead atoms. The van der Waals surface area contributed by atoms with E-state index in [4.69, 9.17) is 23.1 Å². The minimum atomic E-state index is -1.47. The van der Waals surface area contributed by atoms with Gasteiger partial charge in [-0.2, -0.15) is 0 Å². The predicted octanol–water partition coefficient (Wildman–Crippen LogP) is 2.89. The molecule has 1 aliphatic rings. The van der Waals surface area contributed by atoms with Gasteiger partial charge in [0, 0.05) is 42.2 Å². The molecule has 17 nitrogen and oxygen atoms in total. The first-order valence-corrected chi connectivity index (χ1v) is 21.4. The second-order valence-electron chi connectivity index (χ2n) is 16.1. The van der Waals surface area contributed by atoms with Crippen molar-refractivity contribution in [3.05, 3.63) is 107 Å². The fraction of sp³-hybridized carbons (Fsp3) is 0.340. The van der Waals surface area contributed by atoms with E-state index in [0.717, 1.165) is 20.9 Å². The predicted molar refractivity (Wildman–Crippen MR) is 244 cm³/mol. The molecule has 5 rings (SSSR count). The van der Waals surface area contributed by atoms with Gasteiger partial charge in [-0.3, -0.25) is 33.6 Å². The van der Waals surface area contributed by atoms with E-state index in [1.165, 1.54) is 71.3 Å². The van der Waals surface area contributed by atoms with Gasteiger partial charge < -0.3 is 52.7 Å². The third-order valence-electron chi connectivity index (χ3n) is 11.4. The zero-order valence-electron chi connectivity index (χ0n) is 36.8. The summed E-state index contributed by atoms with van der Waals surface area (Å²) in [6.07, 6.45) is 0.996. The van der Waals surface area contributed by atoms with Crippen LogP contribution in [0.1, 0.15) is 67.6 Å².